The molecule has 0 aliphatic carbocycles. The maximum atomic E-state index is 13.6. The van der Waals surface area contributed by atoms with Gasteiger partial charge in [-0.25, -0.2) is 4.79 Å². The summed E-state index contributed by atoms with van der Waals surface area (Å²) < 4.78 is 15.8. The monoisotopic (exact) mass is 432 g/mol. The predicted octanol–water partition coefficient (Wildman–Crippen LogP) is 4.68. The van der Waals surface area contributed by atoms with Gasteiger partial charge in [-0.15, -0.1) is 0 Å². The summed E-state index contributed by atoms with van der Waals surface area (Å²) in [5.41, 5.74) is 1.51. The van der Waals surface area contributed by atoms with Gasteiger partial charge in [-0.3, -0.25) is 4.79 Å². The number of carboxylic acids is 1. The quantitative estimate of drug-likeness (QED) is 0.391. The summed E-state index contributed by atoms with van der Waals surface area (Å²) in [5.74, 6) is -0.185. The third-order valence-corrected chi connectivity index (χ3v) is 5.04. The van der Waals surface area contributed by atoms with E-state index in [1.54, 1.807) is 42.5 Å². The maximum absolute atomic E-state index is 13.6. The standard InChI is InChI=1S/C26H24O6/c1-30-19-11-9-18(10-12-19)25(27)22(15-17-7-5-4-6-8-17)24(26(28)29)21-14-13-20(31-2)16-23(21)32-3/h4-14,16H,15H2,1-3H3,(H,28,29)/b24-22-. The van der Waals surface area contributed by atoms with E-state index in [2.05, 4.69) is 0 Å². The van der Waals surface area contributed by atoms with Crippen LogP contribution in [-0.4, -0.2) is 38.2 Å². The lowest BCUT2D eigenvalue weighted by atomic mass is 9.89. The van der Waals surface area contributed by atoms with Crippen molar-refractivity contribution in [3.8, 4) is 17.2 Å². The average Bonchev–Trinajstić information content (AvgIpc) is 2.83. The SMILES string of the molecule is COc1ccc(C(=O)/C(Cc2ccccc2)=C(\C(=O)O)c2ccc(OC)cc2OC)cc1. The van der Waals surface area contributed by atoms with Crippen LogP contribution in [0.4, 0.5) is 0 Å². The highest BCUT2D eigenvalue weighted by Crippen LogP contribution is 2.34. The van der Waals surface area contributed by atoms with Gasteiger partial charge in [0.25, 0.3) is 0 Å². The van der Waals surface area contributed by atoms with E-state index in [1.807, 2.05) is 30.3 Å². The molecule has 6 heteroatoms. The van der Waals surface area contributed by atoms with Crippen LogP contribution in [0.5, 0.6) is 17.2 Å². The van der Waals surface area contributed by atoms with Gasteiger partial charge < -0.3 is 19.3 Å². The number of aliphatic carboxylic acids is 1. The Bertz CT molecular complexity index is 1130. The molecule has 0 saturated carbocycles. The second kappa shape index (κ2) is 10.3. The number of carbonyl (C=O) groups is 2. The highest BCUT2D eigenvalue weighted by molar-refractivity contribution is 6.26. The largest absolute Gasteiger partial charge is 0.497 e. The Morgan fingerprint density at radius 3 is 1.97 bits per heavy atom. The highest BCUT2D eigenvalue weighted by Gasteiger charge is 2.26. The van der Waals surface area contributed by atoms with Gasteiger partial charge in [-0.2, -0.15) is 0 Å². The van der Waals surface area contributed by atoms with Crippen LogP contribution in [0.3, 0.4) is 0 Å². The van der Waals surface area contributed by atoms with Gasteiger partial charge in [0.05, 0.1) is 26.9 Å². The van der Waals surface area contributed by atoms with Crippen molar-refractivity contribution in [2.24, 2.45) is 0 Å². The fraction of sp³-hybridized carbons (Fsp3) is 0.154. The number of rotatable bonds is 9. The van der Waals surface area contributed by atoms with E-state index in [0.717, 1.165) is 5.56 Å². The van der Waals surface area contributed by atoms with Crippen molar-refractivity contribution >= 4 is 17.3 Å². The van der Waals surface area contributed by atoms with Gasteiger partial charge in [-0.1, -0.05) is 30.3 Å². The van der Waals surface area contributed by atoms with E-state index in [4.69, 9.17) is 14.2 Å². The van der Waals surface area contributed by atoms with Crippen LogP contribution < -0.4 is 14.2 Å². The van der Waals surface area contributed by atoms with Gasteiger partial charge in [-0.05, 0) is 42.0 Å². The predicted molar refractivity (Wildman–Crippen MR) is 122 cm³/mol. The molecule has 3 aromatic rings. The number of carboxylic acid groups (broad SMARTS) is 1. The second-order valence-electron chi connectivity index (χ2n) is 6.94. The highest BCUT2D eigenvalue weighted by atomic mass is 16.5. The second-order valence-corrected chi connectivity index (χ2v) is 6.94. The lowest BCUT2D eigenvalue weighted by Crippen LogP contribution is -2.14. The number of allylic oxidation sites excluding steroid dienone is 1. The fourth-order valence-corrected chi connectivity index (χ4v) is 3.41. The van der Waals surface area contributed by atoms with Crippen LogP contribution in [-0.2, 0) is 11.2 Å². The smallest absolute Gasteiger partial charge is 0.336 e. The lowest BCUT2D eigenvalue weighted by Gasteiger charge is -2.16. The van der Waals surface area contributed by atoms with Crippen molar-refractivity contribution in [2.45, 2.75) is 6.42 Å². The Morgan fingerprint density at radius 1 is 0.781 bits per heavy atom. The van der Waals surface area contributed by atoms with Crippen LogP contribution in [0.2, 0.25) is 0 Å². The number of ether oxygens (including phenoxy) is 3. The maximum Gasteiger partial charge on any atom is 0.336 e. The number of benzene rings is 3. The summed E-state index contributed by atoms with van der Waals surface area (Å²) in [6.07, 6.45) is 0.141. The van der Waals surface area contributed by atoms with E-state index < -0.39 is 5.97 Å². The first-order chi connectivity index (χ1) is 15.5. The normalized spacial score (nSPS) is 11.3. The van der Waals surface area contributed by atoms with Crippen molar-refractivity contribution in [1.82, 2.24) is 0 Å². The minimum Gasteiger partial charge on any atom is -0.497 e. The Kier molecular flexibility index (Phi) is 7.29. The topological polar surface area (TPSA) is 82.1 Å². The number of carbonyl (C=O) groups excluding carboxylic acids is 1. The minimum atomic E-state index is -1.22. The average molecular weight is 432 g/mol. The molecule has 0 atom stereocenters. The van der Waals surface area contributed by atoms with Crippen molar-refractivity contribution in [2.75, 3.05) is 21.3 Å². The Hall–Kier alpha value is -4.06. The fourth-order valence-electron chi connectivity index (χ4n) is 3.41. The van der Waals surface area contributed by atoms with E-state index in [-0.39, 0.29) is 23.4 Å². The van der Waals surface area contributed by atoms with Gasteiger partial charge in [0.15, 0.2) is 5.78 Å². The molecule has 3 rings (SSSR count). The molecule has 0 aliphatic rings. The van der Waals surface area contributed by atoms with E-state index in [9.17, 15) is 14.7 Å². The molecule has 0 aliphatic heterocycles. The zero-order valence-corrected chi connectivity index (χ0v) is 18.1. The third kappa shape index (κ3) is 4.98. The Morgan fingerprint density at radius 2 is 1.41 bits per heavy atom. The summed E-state index contributed by atoms with van der Waals surface area (Å²) in [4.78, 5) is 26.0. The first kappa shape index (κ1) is 22.6. The summed E-state index contributed by atoms with van der Waals surface area (Å²) in [6.45, 7) is 0. The number of Topliss-reactive ketones (excluding diaryl/α,β-unsaturated/α-hetero) is 1. The number of hydrogen-bond donors (Lipinski definition) is 1. The van der Waals surface area contributed by atoms with Gasteiger partial charge in [0, 0.05) is 29.2 Å². The molecule has 32 heavy (non-hydrogen) atoms. The van der Waals surface area contributed by atoms with Crippen LogP contribution >= 0.6 is 0 Å². The molecule has 6 nitrogen and oxygen atoms in total. The van der Waals surface area contributed by atoms with Crippen molar-refractivity contribution in [3.05, 3.63) is 95.1 Å². The molecule has 0 bridgehead atoms. The number of methoxy groups -OCH3 is 3. The van der Waals surface area contributed by atoms with Crippen molar-refractivity contribution in [3.63, 3.8) is 0 Å². The van der Waals surface area contributed by atoms with Crippen molar-refractivity contribution < 1.29 is 28.9 Å². The third-order valence-electron chi connectivity index (χ3n) is 5.04. The Balaban J connectivity index is 2.23. The van der Waals surface area contributed by atoms with E-state index >= 15 is 0 Å². The summed E-state index contributed by atoms with van der Waals surface area (Å²) >= 11 is 0. The molecule has 0 unspecified atom stereocenters. The number of ketones is 1. The van der Waals surface area contributed by atoms with E-state index in [1.165, 1.54) is 21.3 Å². The minimum absolute atomic E-state index is 0.117. The zero-order valence-electron chi connectivity index (χ0n) is 18.1. The molecule has 1 N–H and O–H groups in total. The lowest BCUT2D eigenvalue weighted by molar-refractivity contribution is -0.130. The zero-order chi connectivity index (χ0) is 23.1. The van der Waals surface area contributed by atoms with Gasteiger partial charge in [0.1, 0.15) is 17.2 Å². The van der Waals surface area contributed by atoms with Crippen LogP contribution in [0.15, 0.2) is 78.4 Å². The molecule has 0 fully saturated rings. The molecule has 0 aromatic heterocycles. The Labute approximate surface area is 186 Å². The molecule has 0 amide bonds. The molecule has 0 saturated heterocycles. The molecule has 0 spiro atoms. The first-order valence-electron chi connectivity index (χ1n) is 9.90. The van der Waals surface area contributed by atoms with Gasteiger partial charge >= 0.3 is 5.97 Å². The first-order valence-corrected chi connectivity index (χ1v) is 9.90. The van der Waals surface area contributed by atoms with Crippen LogP contribution in [0.25, 0.3) is 5.57 Å². The number of hydrogen-bond acceptors (Lipinski definition) is 5. The van der Waals surface area contributed by atoms with Crippen LogP contribution in [0.1, 0.15) is 21.5 Å². The van der Waals surface area contributed by atoms with Crippen molar-refractivity contribution in [1.29, 1.82) is 0 Å². The molecular weight excluding hydrogens is 408 g/mol. The molecular formula is C26H24O6. The van der Waals surface area contributed by atoms with Crippen LogP contribution in [0, 0.1) is 0 Å². The molecule has 0 heterocycles. The summed E-state index contributed by atoms with van der Waals surface area (Å²) in [6, 6.07) is 20.7. The molecule has 164 valence electrons. The van der Waals surface area contributed by atoms with Gasteiger partial charge in [0.2, 0.25) is 0 Å². The summed E-state index contributed by atoms with van der Waals surface area (Å²) in [7, 11) is 4.49. The summed E-state index contributed by atoms with van der Waals surface area (Å²) in [5, 5.41) is 10.2. The molecule has 3 aromatic carbocycles. The molecule has 0 radical (unpaired) electrons. The van der Waals surface area contributed by atoms with E-state index in [0.29, 0.717) is 28.4 Å².